The van der Waals surface area contributed by atoms with Crippen molar-refractivity contribution in [2.45, 2.75) is 13.8 Å². The van der Waals surface area contributed by atoms with Gasteiger partial charge in [-0.05, 0) is 43.7 Å². The average Bonchev–Trinajstić information content (AvgIpc) is 2.41. The number of benzene rings is 2. The van der Waals surface area contributed by atoms with E-state index >= 15 is 0 Å². The lowest BCUT2D eigenvalue weighted by molar-refractivity contribution is -0.111. The van der Waals surface area contributed by atoms with Crippen LogP contribution in [0.5, 0.6) is 0 Å². The maximum Gasteiger partial charge on any atom is 0.248 e. The van der Waals surface area contributed by atoms with E-state index in [4.69, 9.17) is 11.6 Å². The summed E-state index contributed by atoms with van der Waals surface area (Å²) in [5.41, 5.74) is 3.03. The number of carbonyl (C=O) groups is 1. The van der Waals surface area contributed by atoms with Crippen LogP contribution in [0.2, 0.25) is 5.02 Å². The highest BCUT2D eigenvalue weighted by Crippen LogP contribution is 2.20. The van der Waals surface area contributed by atoms with Gasteiger partial charge in [-0.1, -0.05) is 35.4 Å². The molecule has 0 saturated heterocycles. The van der Waals surface area contributed by atoms with Gasteiger partial charge in [0.05, 0.1) is 5.02 Å². The topological polar surface area (TPSA) is 29.1 Å². The molecule has 0 bridgehead atoms. The van der Waals surface area contributed by atoms with Gasteiger partial charge in [-0.15, -0.1) is 0 Å². The molecule has 0 radical (unpaired) electrons. The first-order valence-electron chi connectivity index (χ1n) is 6.47. The molecule has 0 spiro atoms. The van der Waals surface area contributed by atoms with Crippen molar-refractivity contribution in [3.8, 4) is 0 Å². The van der Waals surface area contributed by atoms with E-state index in [9.17, 15) is 9.18 Å². The van der Waals surface area contributed by atoms with Crippen molar-refractivity contribution in [3.05, 3.63) is 70.0 Å². The van der Waals surface area contributed by atoms with Crippen LogP contribution in [0.3, 0.4) is 0 Å². The number of aryl methyl sites for hydroxylation is 2. The zero-order valence-electron chi connectivity index (χ0n) is 11.8. The highest BCUT2D eigenvalue weighted by Gasteiger charge is 2.05. The smallest absolute Gasteiger partial charge is 0.248 e. The van der Waals surface area contributed by atoms with Crippen LogP contribution in [0.25, 0.3) is 6.08 Å². The minimum atomic E-state index is -0.460. The second kappa shape index (κ2) is 6.55. The van der Waals surface area contributed by atoms with Gasteiger partial charge in [0.25, 0.3) is 0 Å². The van der Waals surface area contributed by atoms with Crippen LogP contribution in [0.1, 0.15) is 16.7 Å². The van der Waals surface area contributed by atoms with Crippen LogP contribution in [0, 0.1) is 19.7 Å². The Balaban J connectivity index is 2.13. The third kappa shape index (κ3) is 3.92. The first-order valence-corrected chi connectivity index (χ1v) is 6.85. The van der Waals surface area contributed by atoms with Crippen molar-refractivity contribution in [1.82, 2.24) is 0 Å². The van der Waals surface area contributed by atoms with E-state index in [1.165, 1.54) is 24.3 Å². The third-order valence-corrected chi connectivity index (χ3v) is 3.37. The molecule has 1 N–H and O–H groups in total. The van der Waals surface area contributed by atoms with Gasteiger partial charge in [0.1, 0.15) is 5.82 Å². The zero-order valence-corrected chi connectivity index (χ0v) is 12.5. The van der Waals surface area contributed by atoms with Gasteiger partial charge in [0, 0.05) is 17.3 Å². The summed E-state index contributed by atoms with van der Waals surface area (Å²) in [5, 5.41) is 3.02. The van der Waals surface area contributed by atoms with Gasteiger partial charge in [0.2, 0.25) is 5.91 Å². The van der Waals surface area contributed by atoms with E-state index in [0.717, 1.165) is 16.8 Å². The Labute approximate surface area is 128 Å². The summed E-state index contributed by atoms with van der Waals surface area (Å²) in [7, 11) is 0. The Morgan fingerprint density at radius 1 is 1.24 bits per heavy atom. The summed E-state index contributed by atoms with van der Waals surface area (Å²) in [5.74, 6) is -0.792. The average molecular weight is 304 g/mol. The van der Waals surface area contributed by atoms with E-state index in [2.05, 4.69) is 5.32 Å². The highest BCUT2D eigenvalue weighted by atomic mass is 35.5. The predicted octanol–water partition coefficient (Wildman–Crippen LogP) is 4.75. The van der Waals surface area contributed by atoms with Crippen LogP contribution < -0.4 is 5.32 Å². The lowest BCUT2D eigenvalue weighted by Crippen LogP contribution is -2.09. The molecule has 0 aromatic heterocycles. The molecule has 0 aliphatic carbocycles. The Morgan fingerprint density at radius 3 is 2.67 bits per heavy atom. The largest absolute Gasteiger partial charge is 0.322 e. The number of hydrogen-bond acceptors (Lipinski definition) is 1. The quantitative estimate of drug-likeness (QED) is 0.815. The molecule has 0 fully saturated rings. The Morgan fingerprint density at radius 2 is 2.00 bits per heavy atom. The lowest BCUT2D eigenvalue weighted by atomic mass is 10.1. The lowest BCUT2D eigenvalue weighted by Gasteiger charge is -2.07. The molecule has 0 aliphatic heterocycles. The number of hydrogen-bond donors (Lipinski definition) is 1. The minimum Gasteiger partial charge on any atom is -0.322 e. The van der Waals surface area contributed by atoms with Crippen molar-refractivity contribution < 1.29 is 9.18 Å². The standard InChI is InChI=1S/C17H15ClFNO/c1-11-6-8-16(12(2)10-11)20-17(21)9-7-13-14(18)4-3-5-15(13)19/h3-10H,1-2H3,(H,20,21). The number of amides is 1. The predicted molar refractivity (Wildman–Crippen MR) is 85.0 cm³/mol. The summed E-state index contributed by atoms with van der Waals surface area (Å²) < 4.78 is 13.6. The SMILES string of the molecule is Cc1ccc(NC(=O)C=Cc2c(F)cccc2Cl)c(C)c1. The van der Waals surface area contributed by atoms with E-state index in [1.54, 1.807) is 6.07 Å². The maximum atomic E-state index is 13.6. The Bertz CT molecular complexity index is 690. The summed E-state index contributed by atoms with van der Waals surface area (Å²) in [6, 6.07) is 10.1. The van der Waals surface area contributed by atoms with Crippen molar-refractivity contribution in [2.75, 3.05) is 5.32 Å². The molecule has 2 aromatic rings. The second-order valence-electron chi connectivity index (χ2n) is 4.78. The van der Waals surface area contributed by atoms with Crippen LogP contribution in [0.4, 0.5) is 10.1 Å². The second-order valence-corrected chi connectivity index (χ2v) is 5.18. The van der Waals surface area contributed by atoms with E-state index in [1.807, 2.05) is 32.0 Å². The molecule has 2 nitrogen and oxygen atoms in total. The number of carbonyl (C=O) groups excluding carboxylic acids is 1. The van der Waals surface area contributed by atoms with Gasteiger partial charge in [0.15, 0.2) is 0 Å². The van der Waals surface area contributed by atoms with Gasteiger partial charge in [-0.2, -0.15) is 0 Å². The molecule has 0 atom stereocenters. The molecule has 2 rings (SSSR count). The number of anilines is 1. The van der Waals surface area contributed by atoms with Crippen molar-refractivity contribution >= 4 is 29.3 Å². The molecule has 1 amide bonds. The van der Waals surface area contributed by atoms with Gasteiger partial charge < -0.3 is 5.32 Å². The van der Waals surface area contributed by atoms with Gasteiger partial charge >= 0.3 is 0 Å². The summed E-state index contributed by atoms with van der Waals surface area (Å²) in [6.45, 7) is 3.90. The number of nitrogens with one attached hydrogen (secondary N) is 1. The minimum absolute atomic E-state index is 0.204. The molecule has 21 heavy (non-hydrogen) atoms. The molecule has 0 heterocycles. The van der Waals surface area contributed by atoms with E-state index < -0.39 is 5.82 Å². The summed E-state index contributed by atoms with van der Waals surface area (Å²) in [6.07, 6.45) is 2.64. The Hall–Kier alpha value is -2.13. The molecule has 2 aromatic carbocycles. The first-order chi connectivity index (χ1) is 9.97. The molecule has 108 valence electrons. The molecule has 0 aliphatic rings. The zero-order chi connectivity index (χ0) is 15.4. The maximum absolute atomic E-state index is 13.6. The van der Waals surface area contributed by atoms with Crippen molar-refractivity contribution in [2.24, 2.45) is 0 Å². The fraction of sp³-hybridized carbons (Fsp3) is 0.118. The molecular weight excluding hydrogens is 289 g/mol. The van der Waals surface area contributed by atoms with Crippen LogP contribution >= 0.6 is 11.6 Å². The summed E-state index contributed by atoms with van der Waals surface area (Å²) >= 11 is 5.89. The summed E-state index contributed by atoms with van der Waals surface area (Å²) in [4.78, 5) is 11.9. The monoisotopic (exact) mass is 303 g/mol. The third-order valence-electron chi connectivity index (χ3n) is 3.04. The fourth-order valence-corrected chi connectivity index (χ4v) is 2.18. The van der Waals surface area contributed by atoms with Crippen LogP contribution in [-0.4, -0.2) is 5.91 Å². The molecule has 0 saturated carbocycles. The molecule has 0 unspecified atom stereocenters. The van der Waals surface area contributed by atoms with E-state index in [0.29, 0.717) is 0 Å². The highest BCUT2D eigenvalue weighted by molar-refractivity contribution is 6.32. The van der Waals surface area contributed by atoms with Crippen LogP contribution in [0.15, 0.2) is 42.5 Å². The number of rotatable bonds is 3. The molecular formula is C17H15ClFNO. The number of halogens is 2. The van der Waals surface area contributed by atoms with E-state index in [-0.39, 0.29) is 16.5 Å². The van der Waals surface area contributed by atoms with Gasteiger partial charge in [-0.3, -0.25) is 4.79 Å². The Kier molecular flexibility index (Phi) is 4.76. The normalized spacial score (nSPS) is 10.9. The van der Waals surface area contributed by atoms with Crippen molar-refractivity contribution in [3.63, 3.8) is 0 Å². The fourth-order valence-electron chi connectivity index (χ4n) is 1.96. The first kappa shape index (κ1) is 15.3. The van der Waals surface area contributed by atoms with Crippen molar-refractivity contribution in [1.29, 1.82) is 0 Å². The molecule has 4 heteroatoms. The van der Waals surface area contributed by atoms with Gasteiger partial charge in [-0.25, -0.2) is 4.39 Å². The van der Waals surface area contributed by atoms with Crippen LogP contribution in [-0.2, 0) is 4.79 Å².